The van der Waals surface area contributed by atoms with Crippen molar-refractivity contribution in [2.45, 2.75) is 0 Å². The van der Waals surface area contributed by atoms with Crippen LogP contribution in [0.3, 0.4) is 0 Å². The van der Waals surface area contributed by atoms with E-state index in [2.05, 4.69) is 158 Å². The van der Waals surface area contributed by atoms with Crippen molar-refractivity contribution in [1.29, 1.82) is 0 Å². The Morgan fingerprint density at radius 2 is 0.773 bits per heavy atom. The van der Waals surface area contributed by atoms with Crippen LogP contribution in [-0.2, 0) is 0 Å². The van der Waals surface area contributed by atoms with Gasteiger partial charge < -0.3 is 0 Å². The Hall–Kier alpha value is -5.86. The van der Waals surface area contributed by atoms with E-state index in [4.69, 9.17) is 9.97 Å². The molecule has 0 aliphatic rings. The number of rotatable bonds is 5. The average molecular weight is 561 g/mol. The van der Waals surface area contributed by atoms with E-state index < -0.39 is 0 Å². The summed E-state index contributed by atoms with van der Waals surface area (Å²) in [5.74, 6) is 0. The minimum atomic E-state index is 0.871. The molecule has 0 N–H and O–H groups in total. The summed E-state index contributed by atoms with van der Waals surface area (Å²) in [5, 5.41) is 2.43. The Kier molecular flexibility index (Phi) is 6.51. The van der Waals surface area contributed by atoms with Gasteiger partial charge in [0.2, 0.25) is 0 Å². The predicted octanol–water partition coefficient (Wildman–Crippen LogP) is 11.1. The SMILES string of the molecule is c1ccc(-c2nc3c(-c4ccccc4)cc(-c4ccc5ccccc5c4)c(-c4ccccc4)c3nc2-c2ccccc2)cc1. The summed E-state index contributed by atoms with van der Waals surface area (Å²) in [6.45, 7) is 0. The van der Waals surface area contributed by atoms with E-state index in [1.807, 2.05) is 12.1 Å². The molecule has 8 rings (SSSR count). The lowest BCUT2D eigenvalue weighted by Crippen LogP contribution is -2.00. The van der Waals surface area contributed by atoms with Crippen molar-refractivity contribution < 1.29 is 0 Å². The number of fused-ring (bicyclic) bond motifs is 2. The normalized spacial score (nSPS) is 11.2. The molecule has 1 heterocycles. The first-order valence-electron chi connectivity index (χ1n) is 14.9. The molecule has 2 heteroatoms. The van der Waals surface area contributed by atoms with Crippen LogP contribution >= 0.6 is 0 Å². The third-order valence-electron chi connectivity index (χ3n) is 8.25. The van der Waals surface area contributed by atoms with Crippen molar-refractivity contribution in [2.75, 3.05) is 0 Å². The molecule has 0 bridgehead atoms. The molecule has 1 aromatic heterocycles. The topological polar surface area (TPSA) is 25.8 Å². The van der Waals surface area contributed by atoms with E-state index in [9.17, 15) is 0 Å². The molecule has 0 spiro atoms. The van der Waals surface area contributed by atoms with Gasteiger partial charge in [-0.1, -0.05) is 158 Å². The smallest absolute Gasteiger partial charge is 0.0985 e. The van der Waals surface area contributed by atoms with Crippen molar-refractivity contribution in [2.24, 2.45) is 0 Å². The molecular weight excluding hydrogens is 532 g/mol. The summed E-state index contributed by atoms with van der Waals surface area (Å²) >= 11 is 0. The monoisotopic (exact) mass is 560 g/mol. The quantitative estimate of drug-likeness (QED) is 0.209. The molecule has 0 amide bonds. The Labute approximate surface area is 257 Å². The summed E-state index contributed by atoms with van der Waals surface area (Å²) in [5.41, 5.74) is 12.3. The van der Waals surface area contributed by atoms with Gasteiger partial charge >= 0.3 is 0 Å². The van der Waals surface area contributed by atoms with Crippen molar-refractivity contribution in [3.8, 4) is 55.9 Å². The maximum absolute atomic E-state index is 5.57. The van der Waals surface area contributed by atoms with Crippen molar-refractivity contribution >= 4 is 21.8 Å². The van der Waals surface area contributed by atoms with E-state index in [1.165, 1.54) is 10.8 Å². The molecule has 0 atom stereocenters. The third kappa shape index (κ3) is 4.63. The molecule has 0 aliphatic carbocycles. The van der Waals surface area contributed by atoms with E-state index in [1.54, 1.807) is 0 Å². The fourth-order valence-electron chi connectivity index (χ4n) is 6.12. The summed E-state index contributed by atoms with van der Waals surface area (Å²) in [4.78, 5) is 11.1. The lowest BCUT2D eigenvalue weighted by Gasteiger charge is -2.19. The first kappa shape index (κ1) is 25.8. The molecule has 206 valence electrons. The molecule has 0 fully saturated rings. The molecule has 0 saturated carbocycles. The van der Waals surface area contributed by atoms with Gasteiger partial charge in [-0.2, -0.15) is 0 Å². The first-order valence-corrected chi connectivity index (χ1v) is 14.9. The van der Waals surface area contributed by atoms with Gasteiger partial charge in [0.05, 0.1) is 22.4 Å². The van der Waals surface area contributed by atoms with Crippen LogP contribution in [0, 0.1) is 0 Å². The average Bonchev–Trinajstić information content (AvgIpc) is 3.11. The number of nitrogens with zero attached hydrogens (tertiary/aromatic N) is 2. The van der Waals surface area contributed by atoms with Crippen LogP contribution in [0.25, 0.3) is 77.7 Å². The van der Waals surface area contributed by atoms with Gasteiger partial charge in [-0.25, -0.2) is 9.97 Å². The highest BCUT2D eigenvalue weighted by Crippen LogP contribution is 2.44. The van der Waals surface area contributed by atoms with Gasteiger partial charge in [-0.3, -0.25) is 0 Å². The maximum Gasteiger partial charge on any atom is 0.0985 e. The Balaban J connectivity index is 1.55. The Bertz CT molecular complexity index is 2240. The molecule has 0 radical (unpaired) electrons. The number of hydrogen-bond acceptors (Lipinski definition) is 2. The van der Waals surface area contributed by atoms with E-state index in [-0.39, 0.29) is 0 Å². The van der Waals surface area contributed by atoms with Crippen molar-refractivity contribution in [1.82, 2.24) is 9.97 Å². The number of hydrogen-bond donors (Lipinski definition) is 0. The molecule has 2 nitrogen and oxygen atoms in total. The highest BCUT2D eigenvalue weighted by molar-refractivity contribution is 6.09. The van der Waals surface area contributed by atoms with Gasteiger partial charge in [0.1, 0.15) is 0 Å². The zero-order valence-corrected chi connectivity index (χ0v) is 24.1. The molecule has 8 aromatic rings. The zero-order chi connectivity index (χ0) is 29.3. The summed E-state index contributed by atoms with van der Waals surface area (Å²) in [6, 6.07) is 59.6. The molecular formula is C42H28N2. The predicted molar refractivity (Wildman–Crippen MR) is 184 cm³/mol. The number of benzene rings is 7. The van der Waals surface area contributed by atoms with Crippen LogP contribution in [0.1, 0.15) is 0 Å². The molecule has 0 unspecified atom stereocenters. The van der Waals surface area contributed by atoms with Crippen LogP contribution in [0.2, 0.25) is 0 Å². The fourth-order valence-corrected chi connectivity index (χ4v) is 6.12. The standard InChI is InChI=1S/C42H28N2/c1-5-16-30(17-6-1)37-28-36(35-26-25-29-15-13-14-24-34(29)27-35)38(31-18-7-2-8-19-31)42-41(37)43-39(32-20-9-3-10-21-32)40(44-42)33-22-11-4-12-23-33/h1-28H. The van der Waals surface area contributed by atoms with Crippen LogP contribution in [0.5, 0.6) is 0 Å². The highest BCUT2D eigenvalue weighted by Gasteiger charge is 2.22. The van der Waals surface area contributed by atoms with E-state index in [0.717, 1.165) is 66.9 Å². The van der Waals surface area contributed by atoms with Gasteiger partial charge in [0.25, 0.3) is 0 Å². The second kappa shape index (κ2) is 11.1. The van der Waals surface area contributed by atoms with Gasteiger partial charge in [-0.15, -0.1) is 0 Å². The third-order valence-corrected chi connectivity index (χ3v) is 8.25. The molecule has 44 heavy (non-hydrogen) atoms. The van der Waals surface area contributed by atoms with Crippen molar-refractivity contribution in [3.05, 3.63) is 170 Å². The fraction of sp³-hybridized carbons (Fsp3) is 0. The van der Waals surface area contributed by atoms with E-state index in [0.29, 0.717) is 0 Å². The lowest BCUT2D eigenvalue weighted by molar-refractivity contribution is 1.29. The lowest BCUT2D eigenvalue weighted by atomic mass is 9.88. The van der Waals surface area contributed by atoms with E-state index >= 15 is 0 Å². The van der Waals surface area contributed by atoms with Gasteiger partial charge in [0, 0.05) is 22.3 Å². The highest BCUT2D eigenvalue weighted by atomic mass is 14.8. The van der Waals surface area contributed by atoms with Crippen LogP contribution in [-0.4, -0.2) is 9.97 Å². The number of aromatic nitrogens is 2. The second-order valence-corrected chi connectivity index (χ2v) is 11.0. The van der Waals surface area contributed by atoms with Crippen LogP contribution in [0.4, 0.5) is 0 Å². The molecule has 0 saturated heterocycles. The van der Waals surface area contributed by atoms with Crippen molar-refractivity contribution in [3.63, 3.8) is 0 Å². The maximum atomic E-state index is 5.57. The van der Waals surface area contributed by atoms with Crippen LogP contribution in [0.15, 0.2) is 170 Å². The summed E-state index contributed by atoms with van der Waals surface area (Å²) < 4.78 is 0. The van der Waals surface area contributed by atoms with Gasteiger partial charge in [-0.05, 0) is 45.2 Å². The summed E-state index contributed by atoms with van der Waals surface area (Å²) in [6.07, 6.45) is 0. The largest absolute Gasteiger partial charge is 0.243 e. The minimum Gasteiger partial charge on any atom is -0.243 e. The first-order chi connectivity index (χ1) is 21.8. The minimum absolute atomic E-state index is 0.871. The second-order valence-electron chi connectivity index (χ2n) is 11.0. The molecule has 7 aromatic carbocycles. The Morgan fingerprint density at radius 1 is 0.295 bits per heavy atom. The Morgan fingerprint density at radius 3 is 1.36 bits per heavy atom. The molecule has 0 aliphatic heterocycles. The van der Waals surface area contributed by atoms with Crippen LogP contribution < -0.4 is 0 Å². The summed E-state index contributed by atoms with van der Waals surface area (Å²) in [7, 11) is 0. The van der Waals surface area contributed by atoms with Gasteiger partial charge in [0.15, 0.2) is 0 Å². The zero-order valence-electron chi connectivity index (χ0n) is 24.1.